The third kappa shape index (κ3) is 3.91. The van der Waals surface area contributed by atoms with Crippen LogP contribution in [0, 0.1) is 0 Å². The molecule has 0 bridgehead atoms. The maximum Gasteiger partial charge on any atom is 0.274 e. The Morgan fingerprint density at radius 1 is 1.07 bits per heavy atom. The Morgan fingerprint density at radius 2 is 1.80 bits per heavy atom. The van der Waals surface area contributed by atoms with Crippen LogP contribution in [-0.4, -0.2) is 26.7 Å². The molecule has 0 saturated carbocycles. The molecular weight excluding hydrogens is 378 g/mol. The van der Waals surface area contributed by atoms with Crippen LogP contribution in [-0.2, 0) is 12.0 Å². The number of nitrogens with zero attached hydrogens (tertiary/aromatic N) is 3. The van der Waals surface area contributed by atoms with Gasteiger partial charge in [0, 0.05) is 11.6 Å². The van der Waals surface area contributed by atoms with Gasteiger partial charge in [0.15, 0.2) is 5.82 Å². The van der Waals surface area contributed by atoms with Crippen molar-refractivity contribution < 1.29 is 4.74 Å². The SMILES string of the molecule is COc1ccccc1NCc1cc(=O)n2[nH]c(-c3ccc(C(C)(C)C)cc3)nc2n1. The maximum absolute atomic E-state index is 12.6. The van der Waals surface area contributed by atoms with Crippen molar-refractivity contribution in [2.24, 2.45) is 0 Å². The van der Waals surface area contributed by atoms with Gasteiger partial charge in [0.2, 0.25) is 0 Å². The number of anilines is 1. The molecule has 0 unspecified atom stereocenters. The molecule has 0 fully saturated rings. The Morgan fingerprint density at radius 3 is 2.50 bits per heavy atom. The van der Waals surface area contributed by atoms with Crippen molar-refractivity contribution in [3.8, 4) is 17.1 Å². The molecule has 7 nitrogen and oxygen atoms in total. The van der Waals surface area contributed by atoms with E-state index in [1.165, 1.54) is 16.1 Å². The lowest BCUT2D eigenvalue weighted by Crippen LogP contribution is -2.17. The van der Waals surface area contributed by atoms with E-state index in [0.29, 0.717) is 23.8 Å². The number of methoxy groups -OCH3 is 1. The minimum atomic E-state index is -0.207. The van der Waals surface area contributed by atoms with Crippen LogP contribution in [0.4, 0.5) is 5.69 Å². The van der Waals surface area contributed by atoms with Crippen LogP contribution in [0.2, 0.25) is 0 Å². The summed E-state index contributed by atoms with van der Waals surface area (Å²) < 4.78 is 6.70. The molecule has 2 aromatic carbocycles. The average molecular weight is 403 g/mol. The van der Waals surface area contributed by atoms with Crippen LogP contribution in [0.15, 0.2) is 59.4 Å². The van der Waals surface area contributed by atoms with Gasteiger partial charge in [0.05, 0.1) is 25.0 Å². The minimum absolute atomic E-state index is 0.0776. The lowest BCUT2D eigenvalue weighted by molar-refractivity contribution is 0.416. The van der Waals surface area contributed by atoms with E-state index < -0.39 is 0 Å². The molecule has 0 radical (unpaired) electrons. The molecule has 7 heteroatoms. The summed E-state index contributed by atoms with van der Waals surface area (Å²) in [4.78, 5) is 21.6. The Bertz CT molecular complexity index is 1230. The fraction of sp³-hybridized carbons (Fsp3) is 0.261. The van der Waals surface area contributed by atoms with Gasteiger partial charge in [0.1, 0.15) is 5.75 Å². The molecule has 2 heterocycles. The number of hydrogen-bond acceptors (Lipinski definition) is 5. The summed E-state index contributed by atoms with van der Waals surface area (Å²) in [6.45, 7) is 6.91. The standard InChI is InChI=1S/C23H25N5O2/c1-23(2,3)16-11-9-15(10-12-16)21-26-22-25-17(13-20(29)28(22)27-21)14-24-18-7-5-6-8-19(18)30-4/h5-13,24H,14H2,1-4H3,(H,25,26,27). The second-order valence-corrected chi connectivity index (χ2v) is 8.17. The van der Waals surface area contributed by atoms with Gasteiger partial charge in [-0.2, -0.15) is 9.50 Å². The number of aromatic amines is 1. The van der Waals surface area contributed by atoms with Crippen molar-refractivity contribution in [3.05, 3.63) is 76.2 Å². The Balaban J connectivity index is 1.61. The third-order valence-electron chi connectivity index (χ3n) is 4.97. The first kappa shape index (κ1) is 19.7. The molecule has 30 heavy (non-hydrogen) atoms. The zero-order valence-electron chi connectivity index (χ0n) is 17.6. The topological polar surface area (TPSA) is 84.3 Å². The van der Waals surface area contributed by atoms with Crippen molar-refractivity contribution in [2.75, 3.05) is 12.4 Å². The summed E-state index contributed by atoms with van der Waals surface area (Å²) in [5.74, 6) is 1.68. The number of aromatic nitrogens is 4. The van der Waals surface area contributed by atoms with Crippen molar-refractivity contribution in [2.45, 2.75) is 32.7 Å². The van der Waals surface area contributed by atoms with E-state index in [1.807, 2.05) is 36.4 Å². The molecule has 0 saturated heterocycles. The molecule has 0 aliphatic heterocycles. The predicted molar refractivity (Wildman–Crippen MR) is 118 cm³/mol. The van der Waals surface area contributed by atoms with E-state index >= 15 is 0 Å². The van der Waals surface area contributed by atoms with E-state index in [4.69, 9.17) is 4.74 Å². The summed E-state index contributed by atoms with van der Waals surface area (Å²) in [6, 6.07) is 17.3. The van der Waals surface area contributed by atoms with Crippen LogP contribution >= 0.6 is 0 Å². The number of hydrogen-bond donors (Lipinski definition) is 2. The van der Waals surface area contributed by atoms with Crippen molar-refractivity contribution in [3.63, 3.8) is 0 Å². The van der Waals surface area contributed by atoms with Crippen LogP contribution in [0.25, 0.3) is 17.2 Å². The summed E-state index contributed by atoms with van der Waals surface area (Å²) >= 11 is 0. The first-order valence-corrected chi connectivity index (χ1v) is 9.81. The number of para-hydroxylation sites is 2. The van der Waals surface area contributed by atoms with Gasteiger partial charge in [-0.15, -0.1) is 0 Å². The summed E-state index contributed by atoms with van der Waals surface area (Å²) in [6.07, 6.45) is 0. The van der Waals surface area contributed by atoms with Crippen LogP contribution in [0.3, 0.4) is 0 Å². The highest BCUT2D eigenvalue weighted by molar-refractivity contribution is 5.58. The van der Waals surface area contributed by atoms with Gasteiger partial charge in [-0.3, -0.25) is 9.89 Å². The monoisotopic (exact) mass is 403 g/mol. The van der Waals surface area contributed by atoms with Gasteiger partial charge in [0.25, 0.3) is 11.3 Å². The lowest BCUT2D eigenvalue weighted by atomic mass is 9.87. The average Bonchev–Trinajstić information content (AvgIpc) is 3.17. The van der Waals surface area contributed by atoms with E-state index in [9.17, 15) is 4.79 Å². The normalized spacial score (nSPS) is 11.6. The lowest BCUT2D eigenvalue weighted by Gasteiger charge is -2.18. The molecule has 0 atom stereocenters. The van der Waals surface area contributed by atoms with Gasteiger partial charge >= 0.3 is 0 Å². The first-order valence-electron chi connectivity index (χ1n) is 9.81. The zero-order valence-corrected chi connectivity index (χ0v) is 17.6. The highest BCUT2D eigenvalue weighted by atomic mass is 16.5. The molecule has 2 aromatic heterocycles. The minimum Gasteiger partial charge on any atom is -0.495 e. The largest absolute Gasteiger partial charge is 0.495 e. The number of ether oxygens (including phenoxy) is 1. The molecule has 4 aromatic rings. The molecule has 154 valence electrons. The summed E-state index contributed by atoms with van der Waals surface area (Å²) in [7, 11) is 1.62. The molecular formula is C23H25N5O2. The fourth-order valence-corrected chi connectivity index (χ4v) is 3.25. The van der Waals surface area contributed by atoms with Gasteiger partial charge < -0.3 is 10.1 Å². The Kier molecular flexibility index (Phi) is 5.03. The Hall–Kier alpha value is -3.61. The predicted octanol–water partition coefficient (Wildman–Crippen LogP) is 4.00. The van der Waals surface area contributed by atoms with Crippen LogP contribution in [0.5, 0.6) is 5.75 Å². The fourth-order valence-electron chi connectivity index (χ4n) is 3.25. The van der Waals surface area contributed by atoms with E-state index in [2.05, 4.69) is 53.3 Å². The van der Waals surface area contributed by atoms with Gasteiger partial charge in [-0.1, -0.05) is 57.2 Å². The van der Waals surface area contributed by atoms with Crippen LogP contribution < -0.4 is 15.6 Å². The smallest absolute Gasteiger partial charge is 0.274 e. The van der Waals surface area contributed by atoms with Crippen LogP contribution in [0.1, 0.15) is 32.0 Å². The van der Waals surface area contributed by atoms with E-state index in [0.717, 1.165) is 17.0 Å². The third-order valence-corrected chi connectivity index (χ3v) is 4.97. The van der Waals surface area contributed by atoms with Gasteiger partial charge in [-0.05, 0) is 23.1 Å². The summed E-state index contributed by atoms with van der Waals surface area (Å²) in [5, 5.41) is 6.31. The van der Waals surface area contributed by atoms with E-state index in [-0.39, 0.29) is 11.0 Å². The van der Waals surface area contributed by atoms with E-state index in [1.54, 1.807) is 7.11 Å². The second kappa shape index (κ2) is 7.67. The number of fused-ring (bicyclic) bond motifs is 1. The highest BCUT2D eigenvalue weighted by Gasteiger charge is 2.15. The molecule has 0 amide bonds. The quantitative estimate of drug-likeness (QED) is 0.526. The first-order chi connectivity index (χ1) is 14.3. The van der Waals surface area contributed by atoms with Gasteiger partial charge in [-0.25, -0.2) is 4.98 Å². The second-order valence-electron chi connectivity index (χ2n) is 8.17. The van der Waals surface area contributed by atoms with Crippen molar-refractivity contribution in [1.82, 2.24) is 19.6 Å². The zero-order chi connectivity index (χ0) is 21.3. The number of nitrogens with one attached hydrogen (secondary N) is 2. The number of benzene rings is 2. The number of rotatable bonds is 5. The Labute approximate surface area is 174 Å². The summed E-state index contributed by atoms with van der Waals surface area (Å²) in [5.41, 5.74) is 3.45. The van der Waals surface area contributed by atoms with Crippen molar-refractivity contribution in [1.29, 1.82) is 0 Å². The number of H-pyrrole nitrogens is 1. The maximum atomic E-state index is 12.6. The van der Waals surface area contributed by atoms with Crippen molar-refractivity contribution >= 4 is 11.5 Å². The highest BCUT2D eigenvalue weighted by Crippen LogP contribution is 2.25. The molecule has 0 aliphatic rings. The molecule has 4 rings (SSSR count). The molecule has 2 N–H and O–H groups in total. The molecule has 0 spiro atoms. The molecule has 0 aliphatic carbocycles.